The highest BCUT2D eigenvalue weighted by Gasteiger charge is 2.23. The minimum atomic E-state index is -2.89. The van der Waals surface area contributed by atoms with E-state index in [-0.39, 0.29) is 22.8 Å². The molecule has 0 aromatic heterocycles. The number of thioether (sulfide) groups is 1. The van der Waals surface area contributed by atoms with Crippen molar-refractivity contribution in [2.24, 2.45) is 0 Å². The van der Waals surface area contributed by atoms with Crippen LogP contribution in [0.1, 0.15) is 17.3 Å². The molecule has 0 spiro atoms. The van der Waals surface area contributed by atoms with Gasteiger partial charge in [-0.1, -0.05) is 3.89 Å². The minimum absolute atomic E-state index is 0.0847. The van der Waals surface area contributed by atoms with Crippen LogP contribution >= 0.6 is 11.8 Å². The Balaban J connectivity index is 1.72. The molecule has 0 radical (unpaired) electrons. The van der Waals surface area contributed by atoms with Gasteiger partial charge in [-0.3, -0.25) is 9.59 Å². The van der Waals surface area contributed by atoms with E-state index in [0.29, 0.717) is 16.9 Å². The molecule has 0 saturated heterocycles. The van der Waals surface area contributed by atoms with Gasteiger partial charge in [-0.25, -0.2) is 0 Å². The van der Waals surface area contributed by atoms with Gasteiger partial charge in [-0.05, 0) is 49.4 Å². The lowest BCUT2D eigenvalue weighted by Gasteiger charge is -2.21. The average molecular weight is 380 g/mol. The molecule has 1 aliphatic rings. The average Bonchev–Trinajstić information content (AvgIpc) is 2.57. The van der Waals surface area contributed by atoms with Crippen LogP contribution in [0.3, 0.4) is 0 Å². The molecule has 0 aliphatic carbocycles. The van der Waals surface area contributed by atoms with Gasteiger partial charge in [0.1, 0.15) is 5.75 Å². The summed E-state index contributed by atoms with van der Waals surface area (Å²) >= 11 is -1.46. The first-order valence-corrected chi connectivity index (χ1v) is 9.07. The first kappa shape index (κ1) is 17.4. The Morgan fingerprint density at radius 1 is 1.28 bits per heavy atom. The van der Waals surface area contributed by atoms with Gasteiger partial charge in [-0.15, -0.1) is 11.8 Å². The van der Waals surface area contributed by atoms with Crippen LogP contribution in [0.4, 0.5) is 15.3 Å². The number of halogens is 1. The van der Waals surface area contributed by atoms with Crippen molar-refractivity contribution in [1.29, 1.82) is 0 Å². The van der Waals surface area contributed by atoms with Crippen LogP contribution in [0, 0.1) is 0 Å². The first-order chi connectivity index (χ1) is 11.9. The SMILES string of the molecule is C[C@H]1Sc2ccc(C(=O)Nc3ccc(OS(=O)F)cc3)cc2NC1=O. The Labute approximate surface area is 150 Å². The van der Waals surface area contributed by atoms with E-state index < -0.39 is 11.5 Å². The number of nitrogens with one attached hydrogen (secondary N) is 2. The molecule has 0 saturated carbocycles. The molecule has 0 bridgehead atoms. The predicted octanol–water partition coefficient (Wildman–Crippen LogP) is 3.30. The molecule has 9 heteroatoms. The van der Waals surface area contributed by atoms with Crippen molar-refractivity contribution in [2.75, 3.05) is 10.6 Å². The summed E-state index contributed by atoms with van der Waals surface area (Å²) in [4.78, 5) is 25.0. The van der Waals surface area contributed by atoms with Crippen LogP contribution in [0.15, 0.2) is 47.4 Å². The number of benzene rings is 2. The van der Waals surface area contributed by atoms with Crippen LogP contribution in [0.5, 0.6) is 5.75 Å². The van der Waals surface area contributed by atoms with Crippen LogP contribution in [0.2, 0.25) is 0 Å². The molecule has 3 rings (SSSR count). The number of hydrogen-bond donors (Lipinski definition) is 2. The molecular weight excluding hydrogens is 367 g/mol. The van der Waals surface area contributed by atoms with E-state index in [9.17, 15) is 17.7 Å². The van der Waals surface area contributed by atoms with Crippen LogP contribution in [-0.4, -0.2) is 21.3 Å². The molecule has 1 heterocycles. The summed E-state index contributed by atoms with van der Waals surface area (Å²) in [5.41, 5.74) is 1.46. The molecule has 1 unspecified atom stereocenters. The predicted molar refractivity (Wildman–Crippen MR) is 94.7 cm³/mol. The summed E-state index contributed by atoms with van der Waals surface area (Å²) in [5.74, 6) is -0.374. The van der Waals surface area contributed by atoms with Gasteiger partial charge >= 0.3 is 11.5 Å². The van der Waals surface area contributed by atoms with E-state index in [0.717, 1.165) is 4.90 Å². The third kappa shape index (κ3) is 4.18. The molecule has 25 heavy (non-hydrogen) atoms. The van der Waals surface area contributed by atoms with Gasteiger partial charge in [-0.2, -0.15) is 4.21 Å². The Bertz CT molecular complexity index is 858. The van der Waals surface area contributed by atoms with Crippen molar-refractivity contribution < 1.29 is 21.9 Å². The highest BCUT2D eigenvalue weighted by atomic mass is 32.2. The Kier molecular flexibility index (Phi) is 5.05. The van der Waals surface area contributed by atoms with E-state index in [1.165, 1.54) is 36.0 Å². The topological polar surface area (TPSA) is 84.5 Å². The van der Waals surface area contributed by atoms with Crippen molar-refractivity contribution in [1.82, 2.24) is 0 Å². The van der Waals surface area contributed by atoms with Gasteiger partial charge in [0.05, 0.1) is 10.9 Å². The summed E-state index contributed by atoms with van der Waals surface area (Å²) < 4.78 is 27.0. The van der Waals surface area contributed by atoms with Gasteiger partial charge in [0, 0.05) is 16.1 Å². The minimum Gasteiger partial charge on any atom is -0.377 e. The molecule has 2 atom stereocenters. The maximum Gasteiger partial charge on any atom is 0.401 e. The van der Waals surface area contributed by atoms with Gasteiger partial charge in [0.2, 0.25) is 5.91 Å². The molecule has 2 aromatic carbocycles. The zero-order valence-corrected chi connectivity index (χ0v) is 14.6. The Hall–Kier alpha value is -2.39. The summed E-state index contributed by atoms with van der Waals surface area (Å²) in [6.07, 6.45) is 0. The van der Waals surface area contributed by atoms with Crippen molar-refractivity contribution in [3.8, 4) is 5.75 Å². The number of carbonyl (C=O) groups excluding carboxylic acids is 2. The van der Waals surface area contributed by atoms with E-state index in [1.807, 2.05) is 6.92 Å². The van der Waals surface area contributed by atoms with Gasteiger partial charge in [0.15, 0.2) is 0 Å². The molecule has 2 N–H and O–H groups in total. The molecule has 2 amide bonds. The number of carbonyl (C=O) groups is 2. The lowest BCUT2D eigenvalue weighted by molar-refractivity contribution is -0.115. The fraction of sp³-hybridized carbons (Fsp3) is 0.125. The third-order valence-electron chi connectivity index (χ3n) is 3.45. The maximum absolute atomic E-state index is 12.3. The Morgan fingerprint density at radius 3 is 2.68 bits per heavy atom. The van der Waals surface area contributed by atoms with Gasteiger partial charge in [0.25, 0.3) is 5.91 Å². The van der Waals surface area contributed by atoms with Crippen molar-refractivity contribution in [3.63, 3.8) is 0 Å². The normalized spacial score (nSPS) is 17.2. The van der Waals surface area contributed by atoms with E-state index in [2.05, 4.69) is 14.8 Å². The first-order valence-electron chi connectivity index (χ1n) is 7.22. The van der Waals surface area contributed by atoms with Gasteiger partial charge < -0.3 is 14.8 Å². The van der Waals surface area contributed by atoms with Crippen molar-refractivity contribution >= 4 is 46.4 Å². The number of fused-ring (bicyclic) bond motifs is 1. The van der Waals surface area contributed by atoms with Crippen molar-refractivity contribution in [3.05, 3.63) is 48.0 Å². The second-order valence-electron chi connectivity index (χ2n) is 5.22. The summed E-state index contributed by atoms with van der Waals surface area (Å²) in [6, 6.07) is 10.9. The van der Waals surface area contributed by atoms with Crippen LogP contribution in [0.25, 0.3) is 0 Å². The molecule has 6 nitrogen and oxygen atoms in total. The zero-order chi connectivity index (χ0) is 18.0. The molecule has 130 valence electrons. The third-order valence-corrected chi connectivity index (χ3v) is 4.95. The van der Waals surface area contributed by atoms with Crippen LogP contribution < -0.4 is 14.8 Å². The summed E-state index contributed by atoms with van der Waals surface area (Å²) in [7, 11) is 0. The molecule has 1 aliphatic heterocycles. The number of hydrogen-bond acceptors (Lipinski definition) is 5. The number of anilines is 2. The fourth-order valence-corrected chi connectivity index (χ4v) is 3.42. The second-order valence-corrected chi connectivity index (χ2v) is 7.15. The van der Waals surface area contributed by atoms with E-state index in [1.54, 1.807) is 18.2 Å². The van der Waals surface area contributed by atoms with E-state index in [4.69, 9.17) is 0 Å². The molecular formula is C16H13FN2O4S2. The van der Waals surface area contributed by atoms with E-state index >= 15 is 0 Å². The fourth-order valence-electron chi connectivity index (χ4n) is 2.22. The zero-order valence-electron chi connectivity index (χ0n) is 12.9. The highest BCUT2D eigenvalue weighted by Crippen LogP contribution is 2.36. The number of rotatable bonds is 4. The second kappa shape index (κ2) is 7.24. The highest BCUT2D eigenvalue weighted by molar-refractivity contribution is 8.00. The quantitative estimate of drug-likeness (QED) is 0.795. The Morgan fingerprint density at radius 2 is 2.00 bits per heavy atom. The standard InChI is InChI=1S/C16H13FN2O4S2/c1-9-15(20)19-13-8-10(2-7-14(13)24-9)16(21)18-11-3-5-12(6-4-11)23-25(17)22/h2-9H,1H3,(H,18,21)(H,19,20)/t9-,25?/m1/s1. The number of amides is 2. The lowest BCUT2D eigenvalue weighted by Crippen LogP contribution is -2.26. The van der Waals surface area contributed by atoms with Crippen LogP contribution in [-0.2, 0) is 16.3 Å². The lowest BCUT2D eigenvalue weighted by atomic mass is 10.1. The monoisotopic (exact) mass is 380 g/mol. The smallest absolute Gasteiger partial charge is 0.377 e. The summed E-state index contributed by atoms with van der Waals surface area (Å²) in [6.45, 7) is 1.81. The molecule has 2 aromatic rings. The maximum atomic E-state index is 12.3. The van der Waals surface area contributed by atoms with Crippen molar-refractivity contribution in [2.45, 2.75) is 17.1 Å². The largest absolute Gasteiger partial charge is 0.401 e. The molecule has 0 fully saturated rings. The summed E-state index contributed by atoms with van der Waals surface area (Å²) in [5, 5.41) is 5.28.